The molecule has 0 saturated carbocycles. The Hall–Kier alpha value is -1.62. The average molecular weight is 369 g/mol. The summed E-state index contributed by atoms with van der Waals surface area (Å²) >= 11 is 12.1. The van der Waals surface area contributed by atoms with Gasteiger partial charge in [-0.15, -0.1) is 0 Å². The molecule has 1 amide bonds. The van der Waals surface area contributed by atoms with E-state index in [9.17, 15) is 9.18 Å². The number of nitrogens with zero attached hydrogens (tertiary/aromatic N) is 1. The van der Waals surface area contributed by atoms with Crippen LogP contribution in [0.4, 0.5) is 4.39 Å². The summed E-state index contributed by atoms with van der Waals surface area (Å²) in [4.78, 5) is 13.9. The van der Waals surface area contributed by atoms with Crippen molar-refractivity contribution in [1.29, 1.82) is 0 Å². The van der Waals surface area contributed by atoms with E-state index < -0.39 is 0 Å². The molecule has 3 nitrogen and oxygen atoms in total. The Morgan fingerprint density at radius 2 is 1.83 bits per heavy atom. The van der Waals surface area contributed by atoms with Crippen LogP contribution in [0, 0.1) is 5.82 Å². The van der Waals surface area contributed by atoms with Crippen LogP contribution in [0.3, 0.4) is 0 Å². The maximum absolute atomic E-state index is 13.8. The number of amides is 1. The third-order valence-electron chi connectivity index (χ3n) is 3.65. The summed E-state index contributed by atoms with van der Waals surface area (Å²) in [6, 6.07) is 11.7. The first-order valence-corrected chi connectivity index (χ1v) is 8.29. The van der Waals surface area contributed by atoms with E-state index in [0.717, 1.165) is 5.56 Å². The highest BCUT2D eigenvalue weighted by molar-refractivity contribution is 6.31. The number of rotatable bonds is 6. The molecular formula is C18H19Cl2FN2O. The molecule has 2 rings (SSSR count). The van der Waals surface area contributed by atoms with Crippen LogP contribution in [-0.2, 0) is 11.3 Å². The SMILES string of the molecule is C[C@@H](NC(=O)CN(C)Cc1c(F)cccc1Cl)c1ccccc1Cl. The van der Waals surface area contributed by atoms with Gasteiger partial charge >= 0.3 is 0 Å². The van der Waals surface area contributed by atoms with Crippen molar-refractivity contribution < 1.29 is 9.18 Å². The number of hydrogen-bond acceptors (Lipinski definition) is 2. The molecule has 6 heteroatoms. The van der Waals surface area contributed by atoms with E-state index in [0.29, 0.717) is 15.6 Å². The van der Waals surface area contributed by atoms with Crippen molar-refractivity contribution in [2.24, 2.45) is 0 Å². The minimum Gasteiger partial charge on any atom is -0.348 e. The molecule has 0 aromatic heterocycles. The molecular weight excluding hydrogens is 350 g/mol. The van der Waals surface area contributed by atoms with Gasteiger partial charge in [-0.2, -0.15) is 0 Å². The van der Waals surface area contributed by atoms with Crippen molar-refractivity contribution in [3.63, 3.8) is 0 Å². The van der Waals surface area contributed by atoms with Crippen LogP contribution in [0.1, 0.15) is 24.1 Å². The second-order valence-electron chi connectivity index (χ2n) is 5.68. The Labute approximate surface area is 151 Å². The molecule has 0 heterocycles. The van der Waals surface area contributed by atoms with Gasteiger partial charge in [0.2, 0.25) is 5.91 Å². The second kappa shape index (κ2) is 8.47. The van der Waals surface area contributed by atoms with Gasteiger partial charge in [-0.1, -0.05) is 47.5 Å². The fourth-order valence-corrected chi connectivity index (χ4v) is 2.97. The number of benzene rings is 2. The maximum Gasteiger partial charge on any atom is 0.234 e. The summed E-state index contributed by atoms with van der Waals surface area (Å²) in [7, 11) is 1.74. The standard InChI is InChI=1S/C18H19Cl2FN2O/c1-12(13-6-3-4-7-15(13)19)22-18(24)11-23(2)10-14-16(20)8-5-9-17(14)21/h3-9,12H,10-11H2,1-2H3,(H,22,24)/t12-/m1/s1. The lowest BCUT2D eigenvalue weighted by Gasteiger charge is -2.20. The zero-order chi connectivity index (χ0) is 17.7. The van der Waals surface area contributed by atoms with Gasteiger partial charge in [0, 0.05) is 22.2 Å². The first-order chi connectivity index (χ1) is 11.4. The van der Waals surface area contributed by atoms with E-state index in [4.69, 9.17) is 23.2 Å². The monoisotopic (exact) mass is 368 g/mol. The van der Waals surface area contributed by atoms with Gasteiger partial charge in [0.25, 0.3) is 0 Å². The fraction of sp³-hybridized carbons (Fsp3) is 0.278. The Balaban J connectivity index is 1.93. The molecule has 0 aliphatic heterocycles. The third-order valence-corrected chi connectivity index (χ3v) is 4.35. The molecule has 0 radical (unpaired) electrons. The van der Waals surface area contributed by atoms with Gasteiger partial charge in [0.05, 0.1) is 12.6 Å². The van der Waals surface area contributed by atoms with Gasteiger partial charge in [-0.05, 0) is 37.7 Å². The van der Waals surface area contributed by atoms with Crippen LogP contribution < -0.4 is 5.32 Å². The number of carbonyl (C=O) groups excluding carboxylic acids is 1. The first-order valence-electron chi connectivity index (χ1n) is 7.53. The van der Waals surface area contributed by atoms with Crippen LogP contribution in [0.15, 0.2) is 42.5 Å². The zero-order valence-electron chi connectivity index (χ0n) is 13.5. The highest BCUT2D eigenvalue weighted by Crippen LogP contribution is 2.22. The summed E-state index contributed by atoms with van der Waals surface area (Å²) in [6.07, 6.45) is 0. The third kappa shape index (κ3) is 4.94. The lowest BCUT2D eigenvalue weighted by atomic mass is 10.1. The van der Waals surface area contributed by atoms with Crippen LogP contribution in [0.25, 0.3) is 0 Å². The van der Waals surface area contributed by atoms with Crippen molar-refractivity contribution >= 4 is 29.1 Å². The summed E-state index contributed by atoms with van der Waals surface area (Å²) < 4.78 is 13.8. The van der Waals surface area contributed by atoms with E-state index in [1.54, 1.807) is 30.1 Å². The van der Waals surface area contributed by atoms with E-state index in [1.165, 1.54) is 6.07 Å². The Morgan fingerprint density at radius 3 is 2.50 bits per heavy atom. The topological polar surface area (TPSA) is 32.3 Å². The Kier molecular flexibility index (Phi) is 6.60. The van der Waals surface area contributed by atoms with Gasteiger partial charge in [0.15, 0.2) is 0 Å². The second-order valence-corrected chi connectivity index (χ2v) is 6.50. The molecule has 1 N–H and O–H groups in total. The van der Waals surface area contributed by atoms with Gasteiger partial charge in [0.1, 0.15) is 5.82 Å². The molecule has 2 aromatic rings. The zero-order valence-corrected chi connectivity index (χ0v) is 15.0. The molecule has 0 spiro atoms. The van der Waals surface area contributed by atoms with E-state index in [2.05, 4.69) is 5.32 Å². The lowest BCUT2D eigenvalue weighted by molar-refractivity contribution is -0.122. The minimum absolute atomic E-state index is 0.124. The largest absolute Gasteiger partial charge is 0.348 e. The summed E-state index contributed by atoms with van der Waals surface area (Å²) in [5.74, 6) is -0.545. The van der Waals surface area contributed by atoms with Crippen molar-refractivity contribution in [1.82, 2.24) is 10.2 Å². The molecule has 0 unspecified atom stereocenters. The average Bonchev–Trinajstić information content (AvgIpc) is 2.51. The molecule has 2 aromatic carbocycles. The van der Waals surface area contributed by atoms with Crippen molar-refractivity contribution in [2.45, 2.75) is 19.5 Å². The van der Waals surface area contributed by atoms with Crippen molar-refractivity contribution in [3.8, 4) is 0 Å². The molecule has 1 atom stereocenters. The van der Waals surface area contributed by atoms with E-state index in [1.807, 2.05) is 25.1 Å². The van der Waals surface area contributed by atoms with Crippen LogP contribution in [-0.4, -0.2) is 24.4 Å². The van der Waals surface area contributed by atoms with E-state index in [-0.39, 0.29) is 30.9 Å². The number of hydrogen-bond donors (Lipinski definition) is 1. The number of halogens is 3. The summed E-state index contributed by atoms with van der Waals surface area (Å²) in [6.45, 7) is 2.24. The minimum atomic E-state index is -0.376. The predicted molar refractivity (Wildman–Crippen MR) is 95.8 cm³/mol. The van der Waals surface area contributed by atoms with Crippen LogP contribution >= 0.6 is 23.2 Å². The molecule has 0 bridgehead atoms. The van der Waals surface area contributed by atoms with E-state index >= 15 is 0 Å². The maximum atomic E-state index is 13.8. The number of nitrogens with one attached hydrogen (secondary N) is 1. The molecule has 0 aliphatic carbocycles. The molecule has 0 saturated heterocycles. The lowest BCUT2D eigenvalue weighted by Crippen LogP contribution is -2.36. The Bertz CT molecular complexity index is 704. The smallest absolute Gasteiger partial charge is 0.234 e. The first kappa shape index (κ1) is 18.7. The van der Waals surface area contributed by atoms with Crippen LogP contribution in [0.2, 0.25) is 10.0 Å². The molecule has 24 heavy (non-hydrogen) atoms. The van der Waals surface area contributed by atoms with Crippen LogP contribution in [0.5, 0.6) is 0 Å². The summed E-state index contributed by atoms with van der Waals surface area (Å²) in [5, 5.41) is 3.85. The molecule has 0 aliphatic rings. The molecule has 0 fully saturated rings. The summed E-state index contributed by atoms with van der Waals surface area (Å²) in [5.41, 5.74) is 1.24. The van der Waals surface area contributed by atoms with Crippen molar-refractivity contribution in [2.75, 3.05) is 13.6 Å². The van der Waals surface area contributed by atoms with Gasteiger partial charge in [-0.25, -0.2) is 4.39 Å². The van der Waals surface area contributed by atoms with Crippen molar-refractivity contribution in [3.05, 3.63) is 69.5 Å². The van der Waals surface area contributed by atoms with Gasteiger partial charge in [-0.3, -0.25) is 9.69 Å². The normalized spacial score (nSPS) is 12.2. The number of likely N-dealkylation sites (N-methyl/N-ethyl adjacent to an activating group) is 1. The number of carbonyl (C=O) groups is 1. The quantitative estimate of drug-likeness (QED) is 0.817. The Morgan fingerprint density at radius 1 is 1.17 bits per heavy atom. The molecule has 128 valence electrons. The fourth-order valence-electron chi connectivity index (χ4n) is 2.45. The highest BCUT2D eigenvalue weighted by atomic mass is 35.5. The highest BCUT2D eigenvalue weighted by Gasteiger charge is 2.15. The predicted octanol–water partition coefficient (Wildman–Crippen LogP) is 4.44. The van der Waals surface area contributed by atoms with Gasteiger partial charge < -0.3 is 5.32 Å².